The number of hydrogen-bond acceptors (Lipinski definition) is 3. The second-order valence-electron chi connectivity index (χ2n) is 7.21. The number of aliphatic hydroxyl groups excluding tert-OH is 1. The Morgan fingerprint density at radius 3 is 2.55 bits per heavy atom. The van der Waals surface area contributed by atoms with Gasteiger partial charge in [0.15, 0.2) is 0 Å². The van der Waals surface area contributed by atoms with Gasteiger partial charge in [0.25, 0.3) is 0 Å². The van der Waals surface area contributed by atoms with Gasteiger partial charge in [-0.3, -0.25) is 4.79 Å². The normalized spacial score (nSPS) is 22.8. The predicted molar refractivity (Wildman–Crippen MR) is 89.7 cm³/mol. The highest BCUT2D eigenvalue weighted by Gasteiger charge is 2.23. The van der Waals surface area contributed by atoms with Crippen molar-refractivity contribution in [1.82, 2.24) is 10.2 Å². The van der Waals surface area contributed by atoms with Crippen molar-refractivity contribution in [2.75, 3.05) is 26.2 Å². The molecule has 128 valence electrons. The monoisotopic (exact) mass is 310 g/mol. The van der Waals surface area contributed by atoms with Crippen LogP contribution in [0, 0.1) is 11.8 Å². The van der Waals surface area contributed by atoms with Gasteiger partial charge in [0.05, 0.1) is 6.10 Å². The Morgan fingerprint density at radius 2 is 1.91 bits per heavy atom. The molecule has 22 heavy (non-hydrogen) atoms. The molecule has 2 N–H and O–H groups in total. The van der Waals surface area contributed by atoms with Crippen LogP contribution in [0.2, 0.25) is 0 Å². The summed E-state index contributed by atoms with van der Waals surface area (Å²) < 4.78 is 0. The smallest absolute Gasteiger partial charge is 0.223 e. The summed E-state index contributed by atoms with van der Waals surface area (Å²) in [6.07, 6.45) is 10.1. The van der Waals surface area contributed by atoms with Crippen LogP contribution in [0.15, 0.2) is 0 Å². The summed E-state index contributed by atoms with van der Waals surface area (Å²) in [7, 11) is 0. The molecule has 0 aromatic rings. The minimum atomic E-state index is -0.100. The van der Waals surface area contributed by atoms with Crippen molar-refractivity contribution in [3.8, 4) is 0 Å². The van der Waals surface area contributed by atoms with Gasteiger partial charge in [-0.1, -0.05) is 32.6 Å². The molecule has 0 aromatic carbocycles. The zero-order valence-corrected chi connectivity index (χ0v) is 14.2. The quantitative estimate of drug-likeness (QED) is 0.678. The molecule has 4 heteroatoms. The summed E-state index contributed by atoms with van der Waals surface area (Å²) in [6, 6.07) is 0. The van der Waals surface area contributed by atoms with Gasteiger partial charge in [-0.25, -0.2) is 0 Å². The van der Waals surface area contributed by atoms with Crippen molar-refractivity contribution < 1.29 is 9.90 Å². The first-order chi connectivity index (χ1) is 10.7. The Hall–Kier alpha value is -0.610. The van der Waals surface area contributed by atoms with Crippen molar-refractivity contribution in [3.05, 3.63) is 0 Å². The fourth-order valence-electron chi connectivity index (χ4n) is 3.91. The first kappa shape index (κ1) is 17.7. The topological polar surface area (TPSA) is 52.6 Å². The van der Waals surface area contributed by atoms with Crippen LogP contribution in [0.4, 0.5) is 0 Å². The fourth-order valence-corrected chi connectivity index (χ4v) is 3.91. The third kappa shape index (κ3) is 5.88. The molecule has 1 amide bonds. The molecule has 1 saturated heterocycles. The molecule has 4 nitrogen and oxygen atoms in total. The molecule has 0 radical (unpaired) electrons. The summed E-state index contributed by atoms with van der Waals surface area (Å²) in [5.74, 6) is 1.27. The Balaban J connectivity index is 1.57. The molecule has 1 saturated carbocycles. The van der Waals surface area contributed by atoms with Crippen molar-refractivity contribution in [3.63, 3.8) is 0 Å². The number of amides is 1. The van der Waals surface area contributed by atoms with E-state index in [1.807, 2.05) is 0 Å². The molecule has 1 atom stereocenters. The molecule has 0 spiro atoms. The highest BCUT2D eigenvalue weighted by molar-refractivity contribution is 5.78. The summed E-state index contributed by atoms with van der Waals surface area (Å²) >= 11 is 0. The lowest BCUT2D eigenvalue weighted by Gasteiger charge is -2.29. The van der Waals surface area contributed by atoms with Gasteiger partial charge in [0, 0.05) is 25.6 Å². The van der Waals surface area contributed by atoms with Gasteiger partial charge in [-0.15, -0.1) is 0 Å². The molecule has 0 aromatic heterocycles. The van der Waals surface area contributed by atoms with Crippen LogP contribution < -0.4 is 5.32 Å². The van der Waals surface area contributed by atoms with E-state index in [2.05, 4.69) is 17.1 Å². The highest BCUT2D eigenvalue weighted by atomic mass is 16.3. The first-order valence-electron chi connectivity index (χ1n) is 9.37. The summed E-state index contributed by atoms with van der Waals surface area (Å²) in [6.45, 7) is 5.95. The van der Waals surface area contributed by atoms with E-state index in [9.17, 15) is 9.90 Å². The number of aliphatic hydroxyl groups is 1. The van der Waals surface area contributed by atoms with Crippen LogP contribution in [0.25, 0.3) is 0 Å². The number of carbonyl (C=O) groups excluding carboxylic acids is 1. The van der Waals surface area contributed by atoms with Gasteiger partial charge >= 0.3 is 0 Å². The second-order valence-corrected chi connectivity index (χ2v) is 7.21. The Kier molecular flexibility index (Phi) is 7.67. The van der Waals surface area contributed by atoms with Gasteiger partial charge in [-0.05, 0) is 44.6 Å². The van der Waals surface area contributed by atoms with Crippen LogP contribution in [0.3, 0.4) is 0 Å². The maximum Gasteiger partial charge on any atom is 0.223 e. The van der Waals surface area contributed by atoms with E-state index < -0.39 is 0 Å². The molecule has 2 fully saturated rings. The third-order valence-electron chi connectivity index (χ3n) is 5.46. The fraction of sp³-hybridized carbons (Fsp3) is 0.944. The number of likely N-dealkylation sites (tertiary alicyclic amines) is 1. The standard InChI is InChI=1S/C18H34N2O2/c1-2-16(14-15-6-3-4-7-15)18(22)19-10-5-11-20-12-8-17(21)9-13-20/h15-17,21H,2-14H2,1H3,(H,19,22). The molecule has 1 heterocycles. The molecular formula is C18H34N2O2. The van der Waals surface area contributed by atoms with Gasteiger partial charge < -0.3 is 15.3 Å². The molecule has 1 unspecified atom stereocenters. The predicted octanol–water partition coefficient (Wildman–Crippen LogP) is 2.56. The highest BCUT2D eigenvalue weighted by Crippen LogP contribution is 2.31. The van der Waals surface area contributed by atoms with E-state index in [-0.39, 0.29) is 17.9 Å². The average Bonchev–Trinajstić information content (AvgIpc) is 3.04. The van der Waals surface area contributed by atoms with Gasteiger partial charge in [-0.2, -0.15) is 0 Å². The molecule has 2 aliphatic rings. The van der Waals surface area contributed by atoms with E-state index >= 15 is 0 Å². The minimum absolute atomic E-state index is 0.100. The summed E-state index contributed by atoms with van der Waals surface area (Å²) in [4.78, 5) is 14.7. The molecular weight excluding hydrogens is 276 g/mol. The maximum atomic E-state index is 12.3. The zero-order chi connectivity index (χ0) is 15.8. The number of nitrogens with one attached hydrogen (secondary N) is 1. The Labute approximate surface area is 135 Å². The van der Waals surface area contributed by atoms with E-state index in [4.69, 9.17) is 0 Å². The van der Waals surface area contributed by atoms with Crippen molar-refractivity contribution in [2.24, 2.45) is 11.8 Å². The van der Waals surface area contributed by atoms with E-state index in [0.29, 0.717) is 0 Å². The Bertz CT molecular complexity index is 321. The lowest BCUT2D eigenvalue weighted by molar-refractivity contribution is -0.125. The number of hydrogen-bond donors (Lipinski definition) is 2. The van der Waals surface area contributed by atoms with Crippen LogP contribution >= 0.6 is 0 Å². The summed E-state index contributed by atoms with van der Waals surface area (Å²) in [5, 5.41) is 12.6. The van der Waals surface area contributed by atoms with E-state index in [0.717, 1.165) is 64.2 Å². The minimum Gasteiger partial charge on any atom is -0.393 e. The molecule has 1 aliphatic heterocycles. The first-order valence-corrected chi connectivity index (χ1v) is 9.37. The Morgan fingerprint density at radius 1 is 1.23 bits per heavy atom. The number of piperidine rings is 1. The van der Waals surface area contributed by atoms with Crippen molar-refractivity contribution in [2.45, 2.75) is 70.8 Å². The van der Waals surface area contributed by atoms with Crippen molar-refractivity contribution in [1.29, 1.82) is 0 Å². The van der Waals surface area contributed by atoms with Crippen LogP contribution in [0.5, 0.6) is 0 Å². The SMILES string of the molecule is CCC(CC1CCCC1)C(=O)NCCCN1CCC(O)CC1. The number of rotatable bonds is 8. The maximum absolute atomic E-state index is 12.3. The number of carbonyl (C=O) groups is 1. The van der Waals surface area contributed by atoms with Crippen LogP contribution in [0.1, 0.15) is 64.7 Å². The van der Waals surface area contributed by atoms with Gasteiger partial charge in [0.2, 0.25) is 5.91 Å². The average molecular weight is 310 g/mol. The van der Waals surface area contributed by atoms with E-state index in [1.165, 1.54) is 25.7 Å². The lowest BCUT2D eigenvalue weighted by atomic mass is 9.91. The van der Waals surface area contributed by atoms with Crippen LogP contribution in [-0.4, -0.2) is 48.2 Å². The second kappa shape index (κ2) is 9.51. The lowest BCUT2D eigenvalue weighted by Crippen LogP contribution is -2.38. The zero-order valence-electron chi connectivity index (χ0n) is 14.2. The molecule has 0 bridgehead atoms. The molecule has 2 rings (SSSR count). The summed E-state index contributed by atoms with van der Waals surface area (Å²) in [5.41, 5.74) is 0. The van der Waals surface area contributed by atoms with Crippen LogP contribution in [-0.2, 0) is 4.79 Å². The number of nitrogens with zero attached hydrogens (tertiary/aromatic N) is 1. The third-order valence-corrected chi connectivity index (χ3v) is 5.46. The molecule has 1 aliphatic carbocycles. The van der Waals surface area contributed by atoms with Gasteiger partial charge in [0.1, 0.15) is 0 Å². The largest absolute Gasteiger partial charge is 0.393 e. The van der Waals surface area contributed by atoms with Crippen molar-refractivity contribution >= 4 is 5.91 Å². The van der Waals surface area contributed by atoms with E-state index in [1.54, 1.807) is 0 Å².